The number of rotatable bonds is 5. The van der Waals surface area contributed by atoms with Gasteiger partial charge >= 0.3 is 5.97 Å². The van der Waals surface area contributed by atoms with E-state index in [4.69, 9.17) is 4.74 Å². The van der Waals surface area contributed by atoms with Crippen LogP contribution >= 0.6 is 0 Å². The number of aliphatic carboxylic acids is 1. The van der Waals surface area contributed by atoms with Crippen molar-refractivity contribution in [1.29, 1.82) is 0 Å². The maximum Gasteiger partial charge on any atom is 0.326 e. The fraction of sp³-hybridized carbons (Fsp3) is 0.579. The standard InChI is InChI=1S/C19H25NO4/c1-24-15-7-4-5-13(11-15)9-10-18(21)20-16-8-3-2-6-14(16)12-17(20)19(22)23/h4-5,7,11,14,16-17H,2-3,6,8-10,12H2,1H3,(H,22,23). The molecule has 24 heavy (non-hydrogen) atoms. The summed E-state index contributed by atoms with van der Waals surface area (Å²) in [5.74, 6) is 0.247. The van der Waals surface area contributed by atoms with Crippen molar-refractivity contribution < 1.29 is 19.4 Å². The molecule has 1 saturated heterocycles. The summed E-state index contributed by atoms with van der Waals surface area (Å²) in [6.07, 6.45) is 5.81. The average molecular weight is 331 g/mol. The van der Waals surface area contributed by atoms with Crippen LogP contribution in [0, 0.1) is 5.92 Å². The van der Waals surface area contributed by atoms with Crippen LogP contribution in [-0.2, 0) is 16.0 Å². The maximum absolute atomic E-state index is 12.8. The fourth-order valence-electron chi connectivity index (χ4n) is 4.25. The van der Waals surface area contributed by atoms with E-state index in [2.05, 4.69) is 0 Å². The predicted molar refractivity (Wildman–Crippen MR) is 89.9 cm³/mol. The first kappa shape index (κ1) is 16.8. The summed E-state index contributed by atoms with van der Waals surface area (Å²) in [7, 11) is 1.62. The van der Waals surface area contributed by atoms with Crippen molar-refractivity contribution in [3.63, 3.8) is 0 Å². The molecule has 1 N–H and O–H groups in total. The molecule has 1 amide bonds. The quantitative estimate of drug-likeness (QED) is 0.901. The van der Waals surface area contributed by atoms with Gasteiger partial charge in [-0.3, -0.25) is 4.79 Å². The number of carbonyl (C=O) groups is 2. The second-order valence-corrected chi connectivity index (χ2v) is 6.85. The van der Waals surface area contributed by atoms with Crippen LogP contribution < -0.4 is 4.74 Å². The summed E-state index contributed by atoms with van der Waals surface area (Å²) in [4.78, 5) is 26.1. The third kappa shape index (κ3) is 3.40. The van der Waals surface area contributed by atoms with Crippen LogP contribution in [0.15, 0.2) is 24.3 Å². The van der Waals surface area contributed by atoms with Crippen molar-refractivity contribution >= 4 is 11.9 Å². The Morgan fingerprint density at radius 3 is 2.83 bits per heavy atom. The highest BCUT2D eigenvalue weighted by Crippen LogP contribution is 2.40. The molecular formula is C19H25NO4. The number of ether oxygens (including phenoxy) is 1. The monoisotopic (exact) mass is 331 g/mol. The number of methoxy groups -OCH3 is 1. The van der Waals surface area contributed by atoms with Gasteiger partial charge in [-0.15, -0.1) is 0 Å². The predicted octanol–water partition coefficient (Wildman–Crippen LogP) is 2.87. The highest BCUT2D eigenvalue weighted by molar-refractivity contribution is 5.85. The van der Waals surface area contributed by atoms with Gasteiger partial charge in [-0.05, 0) is 49.3 Å². The zero-order valence-corrected chi connectivity index (χ0v) is 14.1. The largest absolute Gasteiger partial charge is 0.497 e. The minimum Gasteiger partial charge on any atom is -0.497 e. The van der Waals surface area contributed by atoms with Crippen LogP contribution in [0.3, 0.4) is 0 Å². The molecule has 0 aromatic heterocycles. The van der Waals surface area contributed by atoms with Gasteiger partial charge in [-0.25, -0.2) is 4.79 Å². The second kappa shape index (κ2) is 7.24. The van der Waals surface area contributed by atoms with Crippen molar-refractivity contribution in [3.05, 3.63) is 29.8 Å². The van der Waals surface area contributed by atoms with Crippen molar-refractivity contribution in [2.24, 2.45) is 5.92 Å². The number of benzene rings is 1. The van der Waals surface area contributed by atoms with Crippen LogP contribution in [0.1, 0.15) is 44.1 Å². The smallest absolute Gasteiger partial charge is 0.326 e. The lowest BCUT2D eigenvalue weighted by Crippen LogP contribution is -2.46. The molecular weight excluding hydrogens is 306 g/mol. The van der Waals surface area contributed by atoms with Crippen LogP contribution in [0.25, 0.3) is 0 Å². The molecule has 0 bridgehead atoms. The molecule has 1 aliphatic heterocycles. The van der Waals surface area contributed by atoms with E-state index in [0.717, 1.165) is 37.0 Å². The molecule has 1 heterocycles. The highest BCUT2D eigenvalue weighted by atomic mass is 16.5. The van der Waals surface area contributed by atoms with E-state index in [9.17, 15) is 14.7 Å². The summed E-state index contributed by atoms with van der Waals surface area (Å²) < 4.78 is 5.21. The maximum atomic E-state index is 12.8. The number of hydrogen-bond donors (Lipinski definition) is 1. The molecule has 0 spiro atoms. The first-order valence-electron chi connectivity index (χ1n) is 8.77. The Balaban J connectivity index is 1.68. The van der Waals surface area contributed by atoms with Gasteiger partial charge in [0.15, 0.2) is 0 Å². The minimum absolute atomic E-state index is 0.0281. The van der Waals surface area contributed by atoms with Gasteiger partial charge in [-0.2, -0.15) is 0 Å². The molecule has 1 saturated carbocycles. The van der Waals surface area contributed by atoms with Gasteiger partial charge < -0.3 is 14.7 Å². The Hall–Kier alpha value is -2.04. The van der Waals surface area contributed by atoms with Crippen LogP contribution in [-0.4, -0.2) is 41.1 Å². The Kier molecular flexibility index (Phi) is 5.07. The number of carbonyl (C=O) groups excluding carboxylic acids is 1. The zero-order chi connectivity index (χ0) is 17.1. The number of amides is 1. The molecule has 1 aromatic rings. The third-order valence-electron chi connectivity index (χ3n) is 5.42. The molecule has 3 unspecified atom stereocenters. The number of hydrogen-bond acceptors (Lipinski definition) is 3. The van der Waals surface area contributed by atoms with E-state index in [0.29, 0.717) is 25.2 Å². The zero-order valence-electron chi connectivity index (χ0n) is 14.1. The Morgan fingerprint density at radius 1 is 1.29 bits per heavy atom. The van der Waals surface area contributed by atoms with E-state index >= 15 is 0 Å². The first-order chi connectivity index (χ1) is 11.6. The number of fused-ring (bicyclic) bond motifs is 1. The van der Waals surface area contributed by atoms with Crippen molar-refractivity contribution in [3.8, 4) is 5.75 Å². The minimum atomic E-state index is -0.862. The molecule has 2 fully saturated rings. The second-order valence-electron chi connectivity index (χ2n) is 6.85. The van der Waals surface area contributed by atoms with Crippen molar-refractivity contribution in [1.82, 2.24) is 4.90 Å². The summed E-state index contributed by atoms with van der Waals surface area (Å²) in [5.41, 5.74) is 1.04. The lowest BCUT2D eigenvalue weighted by atomic mass is 9.84. The van der Waals surface area contributed by atoms with E-state index in [1.165, 1.54) is 0 Å². The molecule has 0 radical (unpaired) electrons. The van der Waals surface area contributed by atoms with Crippen LogP contribution in [0.4, 0.5) is 0 Å². The van der Waals surface area contributed by atoms with Gasteiger partial charge in [0.2, 0.25) is 5.91 Å². The molecule has 3 rings (SSSR count). The van der Waals surface area contributed by atoms with E-state index in [-0.39, 0.29) is 11.9 Å². The molecule has 1 aromatic carbocycles. The van der Waals surface area contributed by atoms with Crippen LogP contribution in [0.5, 0.6) is 5.75 Å². The highest BCUT2D eigenvalue weighted by Gasteiger charge is 2.47. The molecule has 3 atom stereocenters. The lowest BCUT2D eigenvalue weighted by molar-refractivity contribution is -0.149. The topological polar surface area (TPSA) is 66.8 Å². The number of carboxylic acids is 1. The third-order valence-corrected chi connectivity index (χ3v) is 5.42. The number of nitrogens with zero attached hydrogens (tertiary/aromatic N) is 1. The normalized spacial score (nSPS) is 26.0. The summed E-state index contributed by atoms with van der Waals surface area (Å²) in [6, 6.07) is 7.16. The Labute approximate surface area is 142 Å². The van der Waals surface area contributed by atoms with Crippen molar-refractivity contribution in [2.75, 3.05) is 7.11 Å². The van der Waals surface area contributed by atoms with Gasteiger partial charge in [0, 0.05) is 12.5 Å². The van der Waals surface area contributed by atoms with Gasteiger partial charge in [0.25, 0.3) is 0 Å². The van der Waals surface area contributed by atoms with E-state index in [1.807, 2.05) is 24.3 Å². The Morgan fingerprint density at radius 2 is 2.08 bits per heavy atom. The lowest BCUT2D eigenvalue weighted by Gasteiger charge is -2.33. The van der Waals surface area contributed by atoms with E-state index < -0.39 is 12.0 Å². The number of aryl methyl sites for hydroxylation is 1. The van der Waals surface area contributed by atoms with Gasteiger partial charge in [0.05, 0.1) is 7.11 Å². The molecule has 2 aliphatic rings. The van der Waals surface area contributed by atoms with E-state index in [1.54, 1.807) is 12.0 Å². The first-order valence-corrected chi connectivity index (χ1v) is 8.77. The SMILES string of the molecule is COc1cccc(CCC(=O)N2C(C(=O)O)CC3CCCCC32)c1. The summed E-state index contributed by atoms with van der Waals surface area (Å²) in [5, 5.41) is 9.52. The Bertz CT molecular complexity index is 615. The average Bonchev–Trinajstić information content (AvgIpc) is 3.00. The summed E-state index contributed by atoms with van der Waals surface area (Å²) in [6.45, 7) is 0. The van der Waals surface area contributed by atoms with Gasteiger partial charge in [0.1, 0.15) is 11.8 Å². The number of carboxylic acid groups (broad SMARTS) is 1. The molecule has 5 heteroatoms. The number of likely N-dealkylation sites (tertiary alicyclic amines) is 1. The molecule has 130 valence electrons. The summed E-state index contributed by atoms with van der Waals surface area (Å²) >= 11 is 0. The van der Waals surface area contributed by atoms with Gasteiger partial charge in [-0.1, -0.05) is 25.0 Å². The fourth-order valence-corrected chi connectivity index (χ4v) is 4.25. The van der Waals surface area contributed by atoms with Crippen molar-refractivity contribution in [2.45, 2.75) is 57.0 Å². The molecule has 5 nitrogen and oxygen atoms in total. The van der Waals surface area contributed by atoms with Crippen LogP contribution in [0.2, 0.25) is 0 Å². The molecule has 1 aliphatic carbocycles.